The minimum Gasteiger partial charge on any atom is -0.500 e. The van der Waals surface area contributed by atoms with E-state index in [0.717, 1.165) is 11.0 Å². The predicted molar refractivity (Wildman–Crippen MR) is 99.8 cm³/mol. The summed E-state index contributed by atoms with van der Waals surface area (Å²) in [4.78, 5) is 36.0. The highest BCUT2D eigenvalue weighted by Crippen LogP contribution is 2.37. The van der Waals surface area contributed by atoms with Crippen molar-refractivity contribution in [3.05, 3.63) is 68.4 Å². The zero-order valence-electron chi connectivity index (χ0n) is 14.5. The molecule has 2 N–H and O–H groups in total. The Hall–Kier alpha value is -3.59. The lowest BCUT2D eigenvalue weighted by Crippen LogP contribution is -2.30. The summed E-state index contributed by atoms with van der Waals surface area (Å²) >= 11 is 5.82. The number of carbonyl (C=O) groups is 2. The van der Waals surface area contributed by atoms with Gasteiger partial charge in [0.25, 0.3) is 5.91 Å². The summed E-state index contributed by atoms with van der Waals surface area (Å²) in [5.74, 6) is -1.34. The number of nitrogens with one attached hydrogen (secondary N) is 1. The molecule has 1 aliphatic rings. The molecule has 0 unspecified atom stereocenters. The van der Waals surface area contributed by atoms with Gasteiger partial charge in [-0.05, 0) is 35.4 Å². The predicted octanol–water partition coefficient (Wildman–Crippen LogP) is 3.06. The van der Waals surface area contributed by atoms with Crippen molar-refractivity contribution in [2.24, 2.45) is 0 Å². The quantitative estimate of drug-likeness (QED) is 0.342. The van der Waals surface area contributed by atoms with E-state index in [4.69, 9.17) is 16.3 Å². The first-order valence-corrected chi connectivity index (χ1v) is 8.32. The van der Waals surface area contributed by atoms with Crippen LogP contribution in [0.4, 0.5) is 10.5 Å². The number of imide groups is 1. The zero-order valence-corrected chi connectivity index (χ0v) is 15.3. The molecule has 1 saturated heterocycles. The molecular formula is C18H14ClN3O6. The molecule has 2 aromatic carbocycles. The summed E-state index contributed by atoms with van der Waals surface area (Å²) in [6.07, 6.45) is 1.27. The van der Waals surface area contributed by atoms with E-state index >= 15 is 0 Å². The fourth-order valence-corrected chi connectivity index (χ4v) is 2.77. The van der Waals surface area contributed by atoms with Gasteiger partial charge in [-0.25, -0.2) is 4.79 Å². The number of ether oxygens (including phenoxy) is 1. The van der Waals surface area contributed by atoms with Gasteiger partial charge in [-0.15, -0.1) is 0 Å². The van der Waals surface area contributed by atoms with Gasteiger partial charge < -0.3 is 15.2 Å². The van der Waals surface area contributed by atoms with Crippen LogP contribution in [0, 0.1) is 10.1 Å². The molecular weight excluding hydrogens is 390 g/mol. The number of nitro benzene ring substituents is 1. The molecule has 2 aromatic rings. The Morgan fingerprint density at radius 3 is 2.57 bits per heavy atom. The summed E-state index contributed by atoms with van der Waals surface area (Å²) in [7, 11) is 1.24. The van der Waals surface area contributed by atoms with E-state index in [2.05, 4.69) is 5.32 Å². The van der Waals surface area contributed by atoms with Crippen LogP contribution in [0.1, 0.15) is 11.1 Å². The molecule has 0 aliphatic carbocycles. The van der Waals surface area contributed by atoms with E-state index in [-0.39, 0.29) is 23.6 Å². The highest BCUT2D eigenvalue weighted by atomic mass is 35.5. The normalized spacial score (nSPS) is 15.1. The van der Waals surface area contributed by atoms with Gasteiger partial charge in [0.2, 0.25) is 5.75 Å². The van der Waals surface area contributed by atoms with Crippen molar-refractivity contribution in [1.29, 1.82) is 0 Å². The highest BCUT2D eigenvalue weighted by Gasteiger charge is 2.33. The number of hydrogen-bond donors (Lipinski definition) is 2. The molecule has 9 nitrogen and oxygen atoms in total. The fourth-order valence-electron chi connectivity index (χ4n) is 2.65. The number of carbonyl (C=O) groups excluding carboxylic acids is 2. The van der Waals surface area contributed by atoms with Crippen LogP contribution in [-0.4, -0.2) is 34.0 Å². The molecule has 3 amide bonds. The van der Waals surface area contributed by atoms with Gasteiger partial charge in [0.1, 0.15) is 5.70 Å². The number of amides is 3. The average molecular weight is 404 g/mol. The van der Waals surface area contributed by atoms with Gasteiger partial charge in [0, 0.05) is 11.1 Å². The largest absolute Gasteiger partial charge is 0.500 e. The van der Waals surface area contributed by atoms with Crippen molar-refractivity contribution >= 4 is 35.3 Å². The molecule has 0 atom stereocenters. The first-order chi connectivity index (χ1) is 13.3. The van der Waals surface area contributed by atoms with Gasteiger partial charge >= 0.3 is 11.7 Å². The van der Waals surface area contributed by atoms with Crippen LogP contribution in [0.3, 0.4) is 0 Å². The number of methoxy groups -OCH3 is 1. The lowest BCUT2D eigenvalue weighted by Gasteiger charge is -2.11. The molecule has 144 valence electrons. The highest BCUT2D eigenvalue weighted by molar-refractivity contribution is 6.30. The van der Waals surface area contributed by atoms with Crippen LogP contribution in [0.15, 0.2) is 42.1 Å². The molecule has 10 heteroatoms. The maximum Gasteiger partial charge on any atom is 0.329 e. The van der Waals surface area contributed by atoms with Crippen LogP contribution < -0.4 is 10.1 Å². The Bertz CT molecular complexity index is 1000. The smallest absolute Gasteiger partial charge is 0.329 e. The van der Waals surface area contributed by atoms with Crippen molar-refractivity contribution in [3.8, 4) is 11.5 Å². The first kappa shape index (κ1) is 19.2. The lowest BCUT2D eigenvalue weighted by molar-refractivity contribution is -0.386. The second-order valence-electron chi connectivity index (χ2n) is 5.85. The number of nitro groups is 1. The molecule has 1 fully saturated rings. The number of urea groups is 1. The van der Waals surface area contributed by atoms with Gasteiger partial charge in [0.15, 0.2) is 5.75 Å². The Morgan fingerprint density at radius 2 is 1.96 bits per heavy atom. The topological polar surface area (TPSA) is 122 Å². The lowest BCUT2D eigenvalue weighted by atomic mass is 10.1. The van der Waals surface area contributed by atoms with Crippen LogP contribution in [0.25, 0.3) is 6.08 Å². The first-order valence-electron chi connectivity index (χ1n) is 7.94. The minimum absolute atomic E-state index is 0.0399. The molecule has 3 rings (SSSR count). The summed E-state index contributed by atoms with van der Waals surface area (Å²) in [5.41, 5.74) is 0.274. The van der Waals surface area contributed by atoms with Gasteiger partial charge in [0.05, 0.1) is 18.6 Å². The van der Waals surface area contributed by atoms with Crippen LogP contribution in [0.5, 0.6) is 11.5 Å². The van der Waals surface area contributed by atoms with Gasteiger partial charge in [-0.2, -0.15) is 0 Å². The molecule has 1 aliphatic heterocycles. The van der Waals surface area contributed by atoms with E-state index in [1.54, 1.807) is 24.3 Å². The second kappa shape index (κ2) is 7.57. The number of hydrogen-bond acceptors (Lipinski definition) is 6. The van der Waals surface area contributed by atoms with Crippen LogP contribution >= 0.6 is 11.6 Å². The number of nitrogens with zero attached hydrogens (tertiary/aromatic N) is 2. The Labute approximate surface area is 163 Å². The zero-order chi connectivity index (χ0) is 20.4. The van der Waals surface area contributed by atoms with E-state index in [1.807, 2.05) is 0 Å². The molecule has 0 bridgehead atoms. The van der Waals surface area contributed by atoms with Gasteiger partial charge in [-0.3, -0.25) is 19.8 Å². The number of aromatic hydroxyl groups is 1. The monoisotopic (exact) mass is 403 g/mol. The summed E-state index contributed by atoms with van der Waals surface area (Å²) < 4.78 is 4.92. The number of halogens is 1. The van der Waals surface area contributed by atoms with E-state index in [9.17, 15) is 24.8 Å². The van der Waals surface area contributed by atoms with E-state index in [0.29, 0.717) is 10.6 Å². The van der Waals surface area contributed by atoms with Crippen LogP contribution in [0.2, 0.25) is 5.02 Å². The molecule has 0 saturated carbocycles. The standard InChI is InChI=1S/C18H14ClN3O6/c1-28-15-8-11(7-14(16(15)23)22(26)27)6-13-17(24)21(18(25)20-13)9-10-2-4-12(19)5-3-10/h2-8,23H,9H2,1H3,(H,20,25). The van der Waals surface area contributed by atoms with Crippen molar-refractivity contribution in [2.75, 3.05) is 7.11 Å². The number of benzene rings is 2. The molecule has 28 heavy (non-hydrogen) atoms. The molecule has 1 heterocycles. The van der Waals surface area contributed by atoms with Gasteiger partial charge in [-0.1, -0.05) is 23.7 Å². The average Bonchev–Trinajstić information content (AvgIpc) is 2.91. The summed E-state index contributed by atoms with van der Waals surface area (Å²) in [6.45, 7) is 0.0399. The Kier molecular flexibility index (Phi) is 5.18. The fraction of sp³-hybridized carbons (Fsp3) is 0.111. The minimum atomic E-state index is -0.776. The third kappa shape index (κ3) is 3.74. The second-order valence-corrected chi connectivity index (χ2v) is 6.29. The van der Waals surface area contributed by atoms with Crippen molar-refractivity contribution < 1.29 is 24.4 Å². The third-order valence-corrected chi connectivity index (χ3v) is 4.27. The van der Waals surface area contributed by atoms with Crippen molar-refractivity contribution in [1.82, 2.24) is 10.2 Å². The molecule has 0 aromatic heterocycles. The van der Waals surface area contributed by atoms with E-state index < -0.39 is 28.3 Å². The maximum absolute atomic E-state index is 12.6. The third-order valence-electron chi connectivity index (χ3n) is 4.02. The van der Waals surface area contributed by atoms with Crippen molar-refractivity contribution in [2.45, 2.75) is 6.54 Å². The Balaban J connectivity index is 1.90. The number of phenols is 1. The van der Waals surface area contributed by atoms with Crippen LogP contribution in [-0.2, 0) is 11.3 Å². The molecule has 0 radical (unpaired) electrons. The van der Waals surface area contributed by atoms with E-state index in [1.165, 1.54) is 19.3 Å². The molecule has 0 spiro atoms. The summed E-state index contributed by atoms with van der Waals surface area (Å²) in [6, 6.07) is 8.45. The number of phenolic OH excluding ortho intramolecular Hbond substituents is 1. The summed E-state index contributed by atoms with van der Waals surface area (Å²) in [5, 5.41) is 23.9. The SMILES string of the molecule is COc1cc(C=C2NC(=O)N(Cc3ccc(Cl)cc3)C2=O)cc([N+](=O)[O-])c1O. The Morgan fingerprint density at radius 1 is 1.29 bits per heavy atom. The number of rotatable bonds is 5. The van der Waals surface area contributed by atoms with Crippen molar-refractivity contribution in [3.63, 3.8) is 0 Å². The maximum atomic E-state index is 12.6.